The molecule has 1 aliphatic heterocycles. The molecule has 148 valence electrons. The number of carbonyl (C=O) groups is 1. The van der Waals surface area contributed by atoms with Crippen LogP contribution in [0.3, 0.4) is 0 Å². The van der Waals surface area contributed by atoms with E-state index in [-0.39, 0.29) is 11.4 Å². The second-order valence-corrected chi connectivity index (χ2v) is 9.61. The van der Waals surface area contributed by atoms with Gasteiger partial charge in [0.15, 0.2) is 0 Å². The van der Waals surface area contributed by atoms with Crippen LogP contribution in [0, 0.1) is 24.7 Å². The molecule has 5 aliphatic rings. The van der Waals surface area contributed by atoms with E-state index in [0.29, 0.717) is 0 Å². The van der Waals surface area contributed by atoms with E-state index in [1.807, 2.05) is 11.6 Å². The summed E-state index contributed by atoms with van der Waals surface area (Å²) in [6.45, 7) is 8.23. The summed E-state index contributed by atoms with van der Waals surface area (Å²) in [5.74, 6) is 2.64. The topological polar surface area (TPSA) is 62.2 Å². The first-order chi connectivity index (χ1) is 13.1. The van der Waals surface area contributed by atoms with Crippen molar-refractivity contribution < 1.29 is 4.79 Å². The Morgan fingerprint density at radius 1 is 1.15 bits per heavy atom. The number of piperazine rings is 1. The second kappa shape index (κ2) is 6.89. The number of aromatic nitrogens is 2. The zero-order valence-corrected chi connectivity index (χ0v) is 16.5. The average molecular weight is 372 g/mol. The summed E-state index contributed by atoms with van der Waals surface area (Å²) in [5, 5.41) is 11.4. The van der Waals surface area contributed by atoms with E-state index < -0.39 is 0 Å². The highest BCUT2D eigenvalue weighted by atomic mass is 16.1. The number of hydrogen-bond donors (Lipinski definition) is 2. The first-order valence-corrected chi connectivity index (χ1v) is 10.9. The minimum Gasteiger partial charge on any atom is -0.346 e. The highest BCUT2D eigenvalue weighted by molar-refractivity contribution is 5.95. The van der Waals surface area contributed by atoms with Gasteiger partial charge >= 0.3 is 0 Å². The molecule has 1 aromatic heterocycles. The maximum atomic E-state index is 13.1. The van der Waals surface area contributed by atoms with Crippen LogP contribution < -0.4 is 10.6 Å². The van der Waals surface area contributed by atoms with Crippen molar-refractivity contribution in [3.05, 3.63) is 17.5 Å². The van der Waals surface area contributed by atoms with E-state index in [1.165, 1.54) is 38.5 Å². The van der Waals surface area contributed by atoms with Crippen molar-refractivity contribution in [1.29, 1.82) is 0 Å². The summed E-state index contributed by atoms with van der Waals surface area (Å²) < 4.78 is 2.01. The van der Waals surface area contributed by atoms with Crippen LogP contribution >= 0.6 is 0 Å². The molecule has 4 aliphatic carbocycles. The fraction of sp³-hybridized carbons (Fsp3) is 0.810. The molecule has 2 heterocycles. The highest BCUT2D eigenvalue weighted by Gasteiger charge is 2.51. The molecule has 6 rings (SSSR count). The third kappa shape index (κ3) is 3.42. The summed E-state index contributed by atoms with van der Waals surface area (Å²) in [6, 6.07) is 0. The fourth-order valence-corrected chi connectivity index (χ4v) is 6.64. The van der Waals surface area contributed by atoms with Crippen LogP contribution in [0.4, 0.5) is 0 Å². The zero-order valence-electron chi connectivity index (χ0n) is 16.5. The van der Waals surface area contributed by atoms with Gasteiger partial charge in [-0.15, -0.1) is 0 Å². The normalized spacial score (nSPS) is 35.5. The van der Waals surface area contributed by atoms with Gasteiger partial charge in [0, 0.05) is 44.0 Å². The molecule has 1 saturated heterocycles. The molecule has 6 heteroatoms. The van der Waals surface area contributed by atoms with Gasteiger partial charge in [0.2, 0.25) is 0 Å². The number of carbonyl (C=O) groups excluding carboxylic acids is 1. The molecule has 0 spiro atoms. The van der Waals surface area contributed by atoms with Gasteiger partial charge in [-0.25, -0.2) is 0 Å². The highest BCUT2D eigenvalue weighted by Crippen LogP contribution is 2.55. The quantitative estimate of drug-likeness (QED) is 0.828. The van der Waals surface area contributed by atoms with Gasteiger partial charge in [0.25, 0.3) is 5.91 Å². The first-order valence-electron chi connectivity index (χ1n) is 10.9. The van der Waals surface area contributed by atoms with Crippen molar-refractivity contribution >= 4 is 5.91 Å². The molecular formula is C21H33N5O. The van der Waals surface area contributed by atoms with Crippen LogP contribution in [-0.2, 0) is 6.54 Å². The number of nitrogens with one attached hydrogen (secondary N) is 2. The van der Waals surface area contributed by atoms with Crippen molar-refractivity contribution in [3.8, 4) is 0 Å². The molecular weight excluding hydrogens is 338 g/mol. The van der Waals surface area contributed by atoms with Gasteiger partial charge in [0.05, 0.1) is 18.3 Å². The Morgan fingerprint density at radius 2 is 1.78 bits per heavy atom. The third-order valence-electron chi connectivity index (χ3n) is 7.60. The van der Waals surface area contributed by atoms with E-state index in [0.717, 1.165) is 68.3 Å². The molecule has 4 saturated carbocycles. The maximum absolute atomic E-state index is 13.1. The monoisotopic (exact) mass is 371 g/mol. The van der Waals surface area contributed by atoms with Crippen molar-refractivity contribution in [1.82, 2.24) is 25.3 Å². The molecule has 2 N–H and O–H groups in total. The molecule has 1 amide bonds. The van der Waals surface area contributed by atoms with Gasteiger partial charge in [-0.05, 0) is 63.2 Å². The van der Waals surface area contributed by atoms with E-state index in [2.05, 4.69) is 20.6 Å². The first kappa shape index (κ1) is 17.7. The lowest BCUT2D eigenvalue weighted by Gasteiger charge is -2.56. The molecule has 5 fully saturated rings. The lowest BCUT2D eigenvalue weighted by Crippen LogP contribution is -2.59. The van der Waals surface area contributed by atoms with Crippen LogP contribution in [0.1, 0.15) is 54.6 Å². The van der Waals surface area contributed by atoms with Crippen LogP contribution in [0.15, 0.2) is 6.20 Å². The number of rotatable bonds is 5. The minimum atomic E-state index is 0.0706. The van der Waals surface area contributed by atoms with Gasteiger partial charge < -0.3 is 10.6 Å². The SMILES string of the molecule is Cc1c(C(=O)NC23CC4CC(CC(C4)C2)C3)cnn1CCN1CCNCC1. The Labute approximate surface area is 162 Å². The Hall–Kier alpha value is -1.40. The Kier molecular flexibility index (Phi) is 4.51. The molecule has 27 heavy (non-hydrogen) atoms. The number of hydrogen-bond acceptors (Lipinski definition) is 4. The summed E-state index contributed by atoms with van der Waals surface area (Å²) in [7, 11) is 0. The lowest BCUT2D eigenvalue weighted by atomic mass is 9.53. The molecule has 0 unspecified atom stereocenters. The fourth-order valence-electron chi connectivity index (χ4n) is 6.64. The standard InChI is InChI=1S/C21H33N5O/c1-15-19(14-23-26(15)7-6-25-4-2-22-3-5-25)20(27)24-21-11-16-8-17(12-21)10-18(9-16)13-21/h14,16-18,22H,2-13H2,1H3,(H,24,27). The van der Waals surface area contributed by atoms with E-state index in [4.69, 9.17) is 0 Å². The van der Waals surface area contributed by atoms with Crippen LogP contribution in [-0.4, -0.2) is 58.9 Å². The van der Waals surface area contributed by atoms with Gasteiger partial charge in [-0.1, -0.05) is 0 Å². The molecule has 1 aromatic rings. The van der Waals surface area contributed by atoms with Gasteiger partial charge in [-0.3, -0.25) is 14.4 Å². The van der Waals surface area contributed by atoms with Crippen LogP contribution in [0.2, 0.25) is 0 Å². The zero-order chi connectivity index (χ0) is 18.4. The summed E-state index contributed by atoms with van der Waals surface area (Å²) in [4.78, 5) is 15.6. The summed E-state index contributed by atoms with van der Waals surface area (Å²) in [6.07, 6.45) is 9.57. The second-order valence-electron chi connectivity index (χ2n) is 9.61. The smallest absolute Gasteiger partial charge is 0.255 e. The summed E-state index contributed by atoms with van der Waals surface area (Å²) in [5.41, 5.74) is 1.85. The molecule has 0 radical (unpaired) electrons. The van der Waals surface area contributed by atoms with Gasteiger partial charge in [0.1, 0.15) is 0 Å². The van der Waals surface area contributed by atoms with Crippen molar-refractivity contribution in [3.63, 3.8) is 0 Å². The molecule has 6 nitrogen and oxygen atoms in total. The number of nitrogens with zero attached hydrogens (tertiary/aromatic N) is 3. The van der Waals surface area contributed by atoms with E-state index >= 15 is 0 Å². The maximum Gasteiger partial charge on any atom is 0.255 e. The predicted octanol–water partition coefficient (Wildman–Crippen LogP) is 1.80. The van der Waals surface area contributed by atoms with Gasteiger partial charge in [-0.2, -0.15) is 5.10 Å². The van der Waals surface area contributed by atoms with Crippen LogP contribution in [0.5, 0.6) is 0 Å². The summed E-state index contributed by atoms with van der Waals surface area (Å²) >= 11 is 0. The Balaban J connectivity index is 1.24. The molecule has 0 aromatic carbocycles. The Morgan fingerprint density at radius 3 is 2.41 bits per heavy atom. The Bertz CT molecular complexity index is 670. The van der Waals surface area contributed by atoms with Crippen molar-refractivity contribution in [2.24, 2.45) is 17.8 Å². The van der Waals surface area contributed by atoms with E-state index in [9.17, 15) is 4.79 Å². The predicted molar refractivity (Wildman–Crippen MR) is 105 cm³/mol. The average Bonchev–Trinajstić information content (AvgIpc) is 3.00. The molecule has 4 bridgehead atoms. The van der Waals surface area contributed by atoms with Crippen LogP contribution in [0.25, 0.3) is 0 Å². The van der Waals surface area contributed by atoms with E-state index in [1.54, 1.807) is 6.20 Å². The molecule has 0 atom stereocenters. The number of amides is 1. The van der Waals surface area contributed by atoms with Crippen molar-refractivity contribution in [2.75, 3.05) is 32.7 Å². The minimum absolute atomic E-state index is 0.0706. The van der Waals surface area contributed by atoms with Crippen molar-refractivity contribution in [2.45, 2.75) is 57.5 Å². The third-order valence-corrected chi connectivity index (χ3v) is 7.60. The largest absolute Gasteiger partial charge is 0.346 e. The lowest BCUT2D eigenvalue weighted by molar-refractivity contribution is -0.0167.